The average molecular weight is 381 g/mol. The van der Waals surface area contributed by atoms with Crippen molar-refractivity contribution in [2.24, 2.45) is 0 Å². The van der Waals surface area contributed by atoms with Crippen LogP contribution in [0.25, 0.3) is 5.52 Å². The van der Waals surface area contributed by atoms with Crippen molar-refractivity contribution in [3.05, 3.63) is 35.7 Å². The van der Waals surface area contributed by atoms with Gasteiger partial charge in [0.25, 0.3) is 5.91 Å². The highest BCUT2D eigenvalue weighted by Crippen LogP contribution is 2.29. The van der Waals surface area contributed by atoms with Crippen molar-refractivity contribution in [2.45, 2.75) is 25.1 Å². The van der Waals surface area contributed by atoms with E-state index >= 15 is 0 Å². The fourth-order valence-electron chi connectivity index (χ4n) is 3.54. The molecular weight excluding hydrogens is 365 g/mol. The second-order valence-electron chi connectivity index (χ2n) is 6.54. The monoisotopic (exact) mass is 381 g/mol. The van der Waals surface area contributed by atoms with E-state index in [0.717, 1.165) is 10.6 Å². The summed E-state index contributed by atoms with van der Waals surface area (Å²) in [5.41, 5.74) is -0.868. The normalized spacial score (nSPS) is 19.0. The van der Waals surface area contributed by atoms with Crippen LogP contribution in [0.2, 0.25) is 0 Å². The highest BCUT2D eigenvalue weighted by atomic mass is 19.4. The second-order valence-corrected chi connectivity index (χ2v) is 6.54. The van der Waals surface area contributed by atoms with Crippen LogP contribution >= 0.6 is 0 Å². The van der Waals surface area contributed by atoms with Crippen molar-refractivity contribution in [1.82, 2.24) is 19.4 Å². The van der Waals surface area contributed by atoms with Crippen LogP contribution in [0.15, 0.2) is 18.2 Å². The molecule has 2 aliphatic rings. The molecule has 0 bridgehead atoms. The van der Waals surface area contributed by atoms with Crippen LogP contribution in [-0.2, 0) is 10.9 Å². The van der Waals surface area contributed by atoms with E-state index in [2.05, 4.69) is 11.2 Å². The third-order valence-corrected chi connectivity index (χ3v) is 4.91. The zero-order chi connectivity index (χ0) is 19.2. The quantitative estimate of drug-likeness (QED) is 0.800. The number of hydrogen-bond acceptors (Lipinski definition) is 4. The first-order valence-electron chi connectivity index (χ1n) is 8.54. The summed E-state index contributed by atoms with van der Waals surface area (Å²) >= 11 is 0. The van der Waals surface area contributed by atoms with Crippen molar-refractivity contribution >= 4 is 17.5 Å². The van der Waals surface area contributed by atoms with E-state index in [1.807, 2.05) is 0 Å². The SMILES string of the molecule is O=C(c1cc2c[c]cc(C(F)(F)F)n2n1)N1CCC(N2CCOC2=O)CC1. The highest BCUT2D eigenvalue weighted by molar-refractivity contribution is 5.93. The molecular formula is C17H16F3N4O3. The first-order valence-corrected chi connectivity index (χ1v) is 8.54. The van der Waals surface area contributed by atoms with Gasteiger partial charge in [0.15, 0.2) is 5.69 Å². The molecule has 2 amide bonds. The van der Waals surface area contributed by atoms with E-state index in [4.69, 9.17) is 4.74 Å². The number of piperidine rings is 1. The minimum atomic E-state index is -4.59. The number of cyclic esters (lactones) is 1. The molecule has 2 aromatic heterocycles. The van der Waals surface area contributed by atoms with Gasteiger partial charge in [0.05, 0.1) is 12.1 Å². The molecule has 10 heteroatoms. The van der Waals surface area contributed by atoms with Gasteiger partial charge >= 0.3 is 12.3 Å². The molecule has 2 fully saturated rings. The summed E-state index contributed by atoms with van der Waals surface area (Å²) in [4.78, 5) is 27.5. The van der Waals surface area contributed by atoms with E-state index in [1.165, 1.54) is 12.1 Å². The zero-order valence-electron chi connectivity index (χ0n) is 14.2. The van der Waals surface area contributed by atoms with Crippen LogP contribution in [0.5, 0.6) is 0 Å². The maximum absolute atomic E-state index is 13.1. The van der Waals surface area contributed by atoms with Crippen LogP contribution in [0.1, 0.15) is 29.0 Å². The standard InChI is InChI=1S/C17H16F3N4O3/c18-17(19,20)14-3-1-2-12-10-13(21-24(12)14)15(25)22-6-4-11(5-7-22)23-8-9-27-16(23)26/h2-3,10-11H,4-9H2. The number of pyridine rings is 1. The number of likely N-dealkylation sites (tertiary alicyclic amines) is 1. The number of amides is 2. The van der Waals surface area contributed by atoms with Gasteiger partial charge in [-0.1, -0.05) is 0 Å². The third kappa shape index (κ3) is 3.19. The fourth-order valence-corrected chi connectivity index (χ4v) is 3.54. The lowest BCUT2D eigenvalue weighted by Gasteiger charge is -2.35. The molecule has 143 valence electrons. The van der Waals surface area contributed by atoms with E-state index < -0.39 is 17.8 Å². The number of halogens is 3. The maximum Gasteiger partial charge on any atom is 0.433 e. The van der Waals surface area contributed by atoms with Gasteiger partial charge in [0, 0.05) is 19.1 Å². The number of carbonyl (C=O) groups excluding carboxylic acids is 2. The van der Waals surface area contributed by atoms with Gasteiger partial charge in [0.1, 0.15) is 12.3 Å². The number of fused-ring (bicyclic) bond motifs is 1. The number of aromatic nitrogens is 2. The molecule has 0 N–H and O–H groups in total. The lowest BCUT2D eigenvalue weighted by atomic mass is 10.0. The van der Waals surface area contributed by atoms with E-state index in [1.54, 1.807) is 9.80 Å². The average Bonchev–Trinajstić information content (AvgIpc) is 3.26. The van der Waals surface area contributed by atoms with Crippen LogP contribution in [0.3, 0.4) is 0 Å². The fraction of sp³-hybridized carbons (Fsp3) is 0.471. The Bertz CT molecular complexity index is 887. The van der Waals surface area contributed by atoms with Gasteiger partial charge < -0.3 is 14.5 Å². The van der Waals surface area contributed by atoms with Gasteiger partial charge in [-0.05, 0) is 37.1 Å². The largest absolute Gasteiger partial charge is 0.448 e. The number of alkyl halides is 3. The Kier molecular flexibility index (Phi) is 4.20. The van der Waals surface area contributed by atoms with Crippen LogP contribution in [-0.4, -0.2) is 63.7 Å². The van der Waals surface area contributed by atoms with Crippen LogP contribution in [0, 0.1) is 6.07 Å². The summed E-state index contributed by atoms with van der Waals surface area (Å²) in [7, 11) is 0. The number of ether oxygens (including phenoxy) is 1. The molecule has 0 atom stereocenters. The van der Waals surface area contributed by atoms with Crippen molar-refractivity contribution in [3.8, 4) is 0 Å². The van der Waals surface area contributed by atoms with E-state index in [-0.39, 0.29) is 23.3 Å². The molecule has 0 aromatic carbocycles. The summed E-state index contributed by atoms with van der Waals surface area (Å²) in [5, 5.41) is 3.86. The minimum Gasteiger partial charge on any atom is -0.448 e. The van der Waals surface area contributed by atoms with Crippen LogP contribution < -0.4 is 0 Å². The van der Waals surface area contributed by atoms with E-state index in [0.29, 0.717) is 39.1 Å². The Labute approximate surface area is 152 Å². The lowest BCUT2D eigenvalue weighted by molar-refractivity contribution is -0.142. The molecule has 0 unspecified atom stereocenters. The van der Waals surface area contributed by atoms with Crippen LogP contribution in [0.4, 0.5) is 18.0 Å². The van der Waals surface area contributed by atoms with E-state index in [9.17, 15) is 22.8 Å². The summed E-state index contributed by atoms with van der Waals surface area (Å²) in [6.45, 7) is 1.72. The third-order valence-electron chi connectivity index (χ3n) is 4.91. The molecule has 2 aromatic rings. The highest BCUT2D eigenvalue weighted by Gasteiger charge is 2.36. The Morgan fingerprint density at radius 2 is 1.96 bits per heavy atom. The number of nitrogens with zero attached hydrogens (tertiary/aromatic N) is 4. The van der Waals surface area contributed by atoms with Crippen molar-refractivity contribution < 1.29 is 27.5 Å². The van der Waals surface area contributed by atoms with Crippen molar-refractivity contribution in [2.75, 3.05) is 26.2 Å². The molecule has 1 radical (unpaired) electrons. The van der Waals surface area contributed by atoms with Gasteiger partial charge in [-0.2, -0.15) is 18.3 Å². The first kappa shape index (κ1) is 17.6. The zero-order valence-corrected chi connectivity index (χ0v) is 14.2. The van der Waals surface area contributed by atoms with Gasteiger partial charge in [-0.3, -0.25) is 4.79 Å². The Morgan fingerprint density at radius 1 is 1.22 bits per heavy atom. The molecule has 0 spiro atoms. The molecule has 0 aliphatic carbocycles. The maximum atomic E-state index is 13.1. The lowest BCUT2D eigenvalue weighted by Crippen LogP contribution is -2.47. The molecule has 2 aliphatic heterocycles. The minimum absolute atomic E-state index is 0.0107. The summed E-state index contributed by atoms with van der Waals surface area (Å²) in [5.74, 6) is -0.422. The Hall–Kier alpha value is -2.78. The Morgan fingerprint density at radius 3 is 2.59 bits per heavy atom. The predicted molar refractivity (Wildman–Crippen MR) is 86.0 cm³/mol. The van der Waals surface area contributed by atoms with Gasteiger partial charge in [0.2, 0.25) is 0 Å². The number of hydrogen-bond donors (Lipinski definition) is 0. The Balaban J connectivity index is 1.50. The summed E-state index contributed by atoms with van der Waals surface area (Å²) < 4.78 is 44.9. The molecule has 4 rings (SSSR count). The van der Waals surface area contributed by atoms with Gasteiger partial charge in [-0.25, -0.2) is 9.31 Å². The second kappa shape index (κ2) is 6.43. The van der Waals surface area contributed by atoms with Crippen molar-refractivity contribution in [1.29, 1.82) is 0 Å². The molecule has 7 nitrogen and oxygen atoms in total. The van der Waals surface area contributed by atoms with Gasteiger partial charge in [-0.15, -0.1) is 0 Å². The predicted octanol–water partition coefficient (Wildman–Crippen LogP) is 2.21. The molecule has 27 heavy (non-hydrogen) atoms. The number of rotatable bonds is 2. The van der Waals surface area contributed by atoms with Crippen molar-refractivity contribution in [3.63, 3.8) is 0 Å². The topological polar surface area (TPSA) is 67.2 Å². The first-order chi connectivity index (χ1) is 12.8. The number of carbonyl (C=O) groups is 2. The molecule has 2 saturated heterocycles. The summed E-state index contributed by atoms with van der Waals surface area (Å²) in [6, 6.07) is 5.92. The molecule has 0 saturated carbocycles. The molecule has 4 heterocycles. The smallest absolute Gasteiger partial charge is 0.433 e. The summed E-state index contributed by atoms with van der Waals surface area (Å²) in [6.07, 6.45) is -3.74.